The maximum atomic E-state index is 11.5. The Kier molecular flexibility index (Phi) is 3.42. The highest BCUT2D eigenvalue weighted by atomic mass is 32.1. The van der Waals surface area contributed by atoms with Gasteiger partial charge < -0.3 is 10.4 Å². The van der Waals surface area contributed by atoms with Gasteiger partial charge in [0, 0.05) is 10.8 Å². The summed E-state index contributed by atoms with van der Waals surface area (Å²) in [6, 6.07) is 0. The molecule has 0 unspecified atom stereocenters. The monoisotopic (exact) mass is 254 g/mol. The summed E-state index contributed by atoms with van der Waals surface area (Å²) in [5.74, 6) is -0.633. The van der Waals surface area contributed by atoms with Crippen molar-refractivity contribution in [2.75, 3.05) is 5.32 Å². The van der Waals surface area contributed by atoms with Gasteiger partial charge in [-0.3, -0.25) is 9.59 Å². The number of carboxylic acids is 1. The molecule has 92 valence electrons. The minimum Gasteiger partial charge on any atom is -0.481 e. The third-order valence-electron chi connectivity index (χ3n) is 2.64. The number of aromatic nitrogens is 1. The number of hydrogen-bond acceptors (Lipinski definition) is 4. The number of carboxylic acid groups (broad SMARTS) is 1. The van der Waals surface area contributed by atoms with Gasteiger partial charge in [-0.2, -0.15) is 0 Å². The number of carbonyl (C=O) groups is 2. The van der Waals surface area contributed by atoms with Gasteiger partial charge in [0.2, 0.25) is 5.91 Å². The lowest BCUT2D eigenvalue weighted by Crippen LogP contribution is -2.12. The van der Waals surface area contributed by atoms with E-state index in [9.17, 15) is 9.59 Å². The molecule has 1 amide bonds. The fourth-order valence-corrected chi connectivity index (χ4v) is 2.45. The van der Waals surface area contributed by atoms with Crippen molar-refractivity contribution in [1.82, 2.24) is 4.98 Å². The molecule has 0 spiro atoms. The molecular weight excluding hydrogens is 240 g/mol. The second-order valence-corrected chi connectivity index (χ2v) is 5.27. The molecule has 1 aromatic heterocycles. The van der Waals surface area contributed by atoms with Crippen LogP contribution < -0.4 is 5.32 Å². The van der Waals surface area contributed by atoms with E-state index in [2.05, 4.69) is 10.3 Å². The fraction of sp³-hybridized carbons (Fsp3) is 0.545. The van der Waals surface area contributed by atoms with Gasteiger partial charge >= 0.3 is 5.97 Å². The van der Waals surface area contributed by atoms with E-state index in [4.69, 9.17) is 5.11 Å². The third kappa shape index (κ3) is 3.26. The molecule has 1 aromatic rings. The number of rotatable bonds is 5. The zero-order chi connectivity index (χ0) is 12.4. The smallest absolute Gasteiger partial charge is 0.303 e. The average molecular weight is 254 g/mol. The SMILES string of the molecule is Cc1nc(NC(=O)C2CC2)sc1CCC(=O)O. The Morgan fingerprint density at radius 2 is 2.24 bits per heavy atom. The predicted molar refractivity (Wildman–Crippen MR) is 64.2 cm³/mol. The number of nitrogens with one attached hydrogen (secondary N) is 1. The van der Waals surface area contributed by atoms with Crippen molar-refractivity contribution in [3.05, 3.63) is 10.6 Å². The molecule has 0 radical (unpaired) electrons. The van der Waals surface area contributed by atoms with Gasteiger partial charge in [0.25, 0.3) is 0 Å². The molecule has 0 aliphatic heterocycles. The van der Waals surface area contributed by atoms with Crippen molar-refractivity contribution >= 4 is 28.3 Å². The molecule has 1 aliphatic carbocycles. The van der Waals surface area contributed by atoms with Crippen LogP contribution in [0.25, 0.3) is 0 Å². The highest BCUT2D eigenvalue weighted by molar-refractivity contribution is 7.15. The highest BCUT2D eigenvalue weighted by Gasteiger charge is 2.30. The van der Waals surface area contributed by atoms with Crippen molar-refractivity contribution in [2.45, 2.75) is 32.6 Å². The van der Waals surface area contributed by atoms with E-state index < -0.39 is 5.97 Å². The molecule has 2 N–H and O–H groups in total. The van der Waals surface area contributed by atoms with E-state index in [1.165, 1.54) is 11.3 Å². The molecule has 2 rings (SSSR count). The van der Waals surface area contributed by atoms with Crippen LogP contribution in [0.4, 0.5) is 5.13 Å². The average Bonchev–Trinajstić information content (AvgIpc) is 3.02. The van der Waals surface area contributed by atoms with E-state index in [1.807, 2.05) is 6.92 Å². The summed E-state index contributed by atoms with van der Waals surface area (Å²) in [4.78, 5) is 27.2. The lowest BCUT2D eigenvalue weighted by Gasteiger charge is -1.97. The number of amides is 1. The summed E-state index contributed by atoms with van der Waals surface area (Å²) in [6.07, 6.45) is 2.49. The second kappa shape index (κ2) is 4.83. The number of aryl methyl sites for hydroxylation is 2. The van der Waals surface area contributed by atoms with Crippen LogP contribution in [-0.4, -0.2) is 22.0 Å². The van der Waals surface area contributed by atoms with Crippen molar-refractivity contribution < 1.29 is 14.7 Å². The molecular formula is C11H14N2O3S. The maximum absolute atomic E-state index is 11.5. The Bertz CT molecular complexity index is 452. The minimum atomic E-state index is -0.818. The topological polar surface area (TPSA) is 79.3 Å². The summed E-state index contributed by atoms with van der Waals surface area (Å²) in [5, 5.41) is 12.0. The summed E-state index contributed by atoms with van der Waals surface area (Å²) in [7, 11) is 0. The first kappa shape index (κ1) is 12.0. The largest absolute Gasteiger partial charge is 0.481 e. The van der Waals surface area contributed by atoms with Crippen molar-refractivity contribution in [3.8, 4) is 0 Å². The van der Waals surface area contributed by atoms with E-state index >= 15 is 0 Å². The van der Waals surface area contributed by atoms with E-state index in [0.717, 1.165) is 23.4 Å². The van der Waals surface area contributed by atoms with E-state index in [0.29, 0.717) is 11.6 Å². The Hall–Kier alpha value is -1.43. The molecule has 1 saturated carbocycles. The summed E-state index contributed by atoms with van der Waals surface area (Å²) >= 11 is 1.37. The van der Waals surface area contributed by atoms with Crippen molar-refractivity contribution in [2.24, 2.45) is 5.92 Å². The molecule has 1 heterocycles. The molecule has 0 bridgehead atoms. The van der Waals surface area contributed by atoms with Gasteiger partial charge in [-0.1, -0.05) is 0 Å². The van der Waals surface area contributed by atoms with Crippen LogP contribution >= 0.6 is 11.3 Å². The maximum Gasteiger partial charge on any atom is 0.303 e. The molecule has 6 heteroatoms. The van der Waals surface area contributed by atoms with Crippen LogP contribution in [0, 0.1) is 12.8 Å². The molecule has 0 aromatic carbocycles. The number of carbonyl (C=O) groups excluding carboxylic acids is 1. The molecule has 5 nitrogen and oxygen atoms in total. The van der Waals surface area contributed by atoms with Crippen LogP contribution in [0.2, 0.25) is 0 Å². The number of aliphatic carboxylic acids is 1. The molecule has 1 aliphatic rings. The lowest BCUT2D eigenvalue weighted by atomic mass is 10.2. The van der Waals surface area contributed by atoms with Gasteiger partial charge in [-0.15, -0.1) is 11.3 Å². The quantitative estimate of drug-likeness (QED) is 0.840. The van der Waals surface area contributed by atoms with Crippen LogP contribution in [-0.2, 0) is 16.0 Å². The van der Waals surface area contributed by atoms with Crippen LogP contribution in [0.3, 0.4) is 0 Å². The first-order valence-corrected chi connectivity index (χ1v) is 6.37. The Morgan fingerprint density at radius 3 is 2.82 bits per heavy atom. The van der Waals surface area contributed by atoms with Crippen molar-refractivity contribution in [1.29, 1.82) is 0 Å². The zero-order valence-electron chi connectivity index (χ0n) is 9.52. The van der Waals surface area contributed by atoms with E-state index in [1.54, 1.807) is 0 Å². The van der Waals surface area contributed by atoms with Crippen LogP contribution in [0.5, 0.6) is 0 Å². The fourth-order valence-electron chi connectivity index (χ4n) is 1.49. The lowest BCUT2D eigenvalue weighted by molar-refractivity contribution is -0.136. The third-order valence-corrected chi connectivity index (χ3v) is 3.77. The summed E-state index contributed by atoms with van der Waals surface area (Å²) < 4.78 is 0. The molecule has 17 heavy (non-hydrogen) atoms. The first-order chi connectivity index (χ1) is 8.06. The first-order valence-electron chi connectivity index (χ1n) is 5.55. The Labute approximate surface area is 103 Å². The van der Waals surface area contributed by atoms with Gasteiger partial charge in [0.1, 0.15) is 0 Å². The van der Waals surface area contributed by atoms with Crippen LogP contribution in [0.15, 0.2) is 0 Å². The van der Waals surface area contributed by atoms with E-state index in [-0.39, 0.29) is 18.2 Å². The number of hydrogen-bond donors (Lipinski definition) is 2. The zero-order valence-corrected chi connectivity index (χ0v) is 10.3. The van der Waals surface area contributed by atoms with Gasteiger partial charge in [-0.25, -0.2) is 4.98 Å². The number of anilines is 1. The molecule has 0 atom stereocenters. The van der Waals surface area contributed by atoms with Crippen molar-refractivity contribution in [3.63, 3.8) is 0 Å². The molecule has 1 fully saturated rings. The minimum absolute atomic E-state index is 0.0311. The highest BCUT2D eigenvalue weighted by Crippen LogP contribution is 2.31. The second-order valence-electron chi connectivity index (χ2n) is 4.18. The Morgan fingerprint density at radius 1 is 1.53 bits per heavy atom. The summed E-state index contributed by atoms with van der Waals surface area (Å²) in [6.45, 7) is 1.83. The number of thiazole rings is 1. The normalized spacial score (nSPS) is 14.6. The summed E-state index contributed by atoms with van der Waals surface area (Å²) in [5.41, 5.74) is 0.808. The van der Waals surface area contributed by atoms with Gasteiger partial charge in [0.05, 0.1) is 12.1 Å². The van der Waals surface area contributed by atoms with Gasteiger partial charge in [-0.05, 0) is 26.2 Å². The predicted octanol–water partition coefficient (Wildman–Crippen LogP) is 1.82. The number of nitrogens with zero attached hydrogens (tertiary/aromatic N) is 1. The van der Waals surface area contributed by atoms with Gasteiger partial charge in [0.15, 0.2) is 5.13 Å². The van der Waals surface area contributed by atoms with Crippen LogP contribution in [0.1, 0.15) is 29.8 Å². The molecule has 0 saturated heterocycles. The Balaban J connectivity index is 1.96. The standard InChI is InChI=1S/C11H14N2O3S/c1-6-8(4-5-9(14)15)17-11(12-6)13-10(16)7-2-3-7/h7H,2-5H2,1H3,(H,14,15)(H,12,13,16).